The van der Waals surface area contributed by atoms with E-state index >= 15 is 0 Å². The van der Waals surface area contributed by atoms with Crippen LogP contribution in [0.1, 0.15) is 16.1 Å². The zero-order chi connectivity index (χ0) is 15.9. The van der Waals surface area contributed by atoms with E-state index in [9.17, 15) is 9.18 Å². The number of carbonyl (C=O) groups excluding carboxylic acids is 1. The molecule has 1 aromatic heterocycles. The molecule has 0 bridgehead atoms. The third kappa shape index (κ3) is 2.46. The highest BCUT2D eigenvalue weighted by atomic mass is 35.5. The Bertz CT molecular complexity index is 794. The first-order valence-corrected chi connectivity index (χ1v) is 7.13. The number of rotatable bonds is 2. The van der Waals surface area contributed by atoms with E-state index < -0.39 is 11.7 Å². The van der Waals surface area contributed by atoms with Gasteiger partial charge in [-0.1, -0.05) is 11.6 Å². The van der Waals surface area contributed by atoms with E-state index in [1.54, 1.807) is 4.68 Å². The van der Waals surface area contributed by atoms with Crippen LogP contribution in [0.2, 0.25) is 11.3 Å². The van der Waals surface area contributed by atoms with Gasteiger partial charge in [0.1, 0.15) is 11.5 Å². The van der Waals surface area contributed by atoms with E-state index in [2.05, 4.69) is 11.1 Å². The van der Waals surface area contributed by atoms with Gasteiger partial charge in [-0.05, 0) is 30.8 Å². The standard InChI is InChI=1S/C14H11BClFN4O/c16-9-3-8(4-10(17)5-9)13-12(14(19)22)11-6-15(7-18)1-2-21(11)20-13/h3-5H,1-2,6H2,(H2,19,22). The smallest absolute Gasteiger partial charge is 0.275 e. The molecule has 0 unspecified atom stereocenters. The molecule has 0 fully saturated rings. The molecule has 0 atom stereocenters. The van der Waals surface area contributed by atoms with Gasteiger partial charge in [-0.15, -0.1) is 0 Å². The van der Waals surface area contributed by atoms with Crippen molar-refractivity contribution in [3.8, 4) is 17.2 Å². The van der Waals surface area contributed by atoms with Crippen molar-refractivity contribution in [1.29, 1.82) is 5.26 Å². The Labute approximate surface area is 131 Å². The number of hydrogen-bond donors (Lipinski definition) is 1. The summed E-state index contributed by atoms with van der Waals surface area (Å²) in [4.78, 5) is 11.9. The van der Waals surface area contributed by atoms with E-state index in [-0.39, 0.29) is 17.3 Å². The van der Waals surface area contributed by atoms with E-state index in [0.717, 1.165) is 0 Å². The molecule has 2 heterocycles. The number of hydrogen-bond acceptors (Lipinski definition) is 3. The number of benzene rings is 1. The van der Waals surface area contributed by atoms with Crippen LogP contribution < -0.4 is 5.73 Å². The van der Waals surface area contributed by atoms with Crippen LogP contribution in [0.15, 0.2) is 18.2 Å². The third-order valence-corrected chi connectivity index (χ3v) is 3.97. The van der Waals surface area contributed by atoms with Gasteiger partial charge >= 0.3 is 0 Å². The first-order chi connectivity index (χ1) is 10.5. The summed E-state index contributed by atoms with van der Waals surface area (Å²) in [6.07, 6.45) is 1.07. The Morgan fingerprint density at radius 1 is 1.50 bits per heavy atom. The van der Waals surface area contributed by atoms with Crippen molar-refractivity contribution in [3.05, 3.63) is 40.3 Å². The van der Waals surface area contributed by atoms with Gasteiger partial charge in [0.15, 0.2) is 0 Å². The molecule has 1 aliphatic heterocycles. The molecule has 2 N–H and O–H groups in total. The highest BCUT2D eigenvalue weighted by Gasteiger charge is 2.30. The number of fused-ring (bicyclic) bond motifs is 1. The summed E-state index contributed by atoms with van der Waals surface area (Å²) < 4.78 is 15.2. The van der Waals surface area contributed by atoms with Gasteiger partial charge in [0, 0.05) is 28.8 Å². The number of aryl methyl sites for hydroxylation is 1. The zero-order valence-corrected chi connectivity index (χ0v) is 12.3. The van der Waals surface area contributed by atoms with Crippen LogP contribution in [0.5, 0.6) is 0 Å². The molecule has 2 aromatic rings. The van der Waals surface area contributed by atoms with Crippen molar-refractivity contribution in [2.24, 2.45) is 5.73 Å². The molecule has 1 aliphatic rings. The molecule has 1 aromatic carbocycles. The van der Waals surface area contributed by atoms with Crippen LogP contribution in [0.25, 0.3) is 11.3 Å². The zero-order valence-electron chi connectivity index (χ0n) is 11.5. The van der Waals surface area contributed by atoms with E-state index in [0.29, 0.717) is 36.1 Å². The van der Waals surface area contributed by atoms with Crippen molar-refractivity contribution in [2.45, 2.75) is 19.2 Å². The summed E-state index contributed by atoms with van der Waals surface area (Å²) in [5.41, 5.74) is 7.05. The summed E-state index contributed by atoms with van der Waals surface area (Å²) in [7, 11) is 0. The second-order valence-corrected chi connectivity index (χ2v) is 5.67. The van der Waals surface area contributed by atoms with Gasteiger partial charge < -0.3 is 5.73 Å². The SMILES string of the molecule is N#CB1CCn2nc(-c3cc(F)cc(Cl)c3)c(C(N)=O)c2C1. The lowest BCUT2D eigenvalue weighted by Gasteiger charge is -2.15. The molecule has 0 saturated carbocycles. The monoisotopic (exact) mass is 316 g/mol. The molecule has 110 valence electrons. The van der Waals surface area contributed by atoms with Gasteiger partial charge in [-0.25, -0.2) is 9.65 Å². The minimum atomic E-state index is -0.643. The molecule has 22 heavy (non-hydrogen) atoms. The predicted octanol–water partition coefficient (Wildman–Crippen LogP) is 2.09. The number of halogens is 2. The second-order valence-electron chi connectivity index (χ2n) is 5.23. The molecule has 0 saturated heterocycles. The van der Waals surface area contributed by atoms with Crippen LogP contribution in [0.3, 0.4) is 0 Å². The molecular formula is C14H11BClFN4O. The second kappa shape index (κ2) is 5.46. The third-order valence-electron chi connectivity index (χ3n) is 3.75. The largest absolute Gasteiger partial charge is 0.365 e. The van der Waals surface area contributed by atoms with E-state index in [4.69, 9.17) is 22.6 Å². The summed E-state index contributed by atoms with van der Waals surface area (Å²) >= 11 is 5.87. The van der Waals surface area contributed by atoms with Gasteiger partial charge in [0.05, 0.1) is 5.56 Å². The molecule has 0 radical (unpaired) electrons. The Balaban J connectivity index is 2.19. The van der Waals surface area contributed by atoms with Crippen LogP contribution in [-0.2, 0) is 12.9 Å². The molecule has 3 rings (SSSR count). The first kappa shape index (κ1) is 14.6. The van der Waals surface area contributed by atoms with E-state index in [1.807, 2.05) is 0 Å². The molecule has 8 heteroatoms. The molecule has 5 nitrogen and oxygen atoms in total. The number of amides is 1. The summed E-state index contributed by atoms with van der Waals surface area (Å²) in [6, 6.07) is 3.97. The minimum Gasteiger partial charge on any atom is -0.365 e. The normalized spacial score (nSPS) is 13.6. The molecule has 0 spiro atoms. The number of nitrogens with two attached hydrogens (primary N) is 1. The van der Waals surface area contributed by atoms with Crippen LogP contribution in [0, 0.1) is 17.0 Å². The maximum absolute atomic E-state index is 13.6. The highest BCUT2D eigenvalue weighted by molar-refractivity contribution is 6.66. The fraction of sp³-hybridized carbons (Fsp3) is 0.214. The summed E-state index contributed by atoms with van der Waals surface area (Å²) in [5, 5.41) is 13.7. The van der Waals surface area contributed by atoms with Gasteiger partial charge in [0.2, 0.25) is 0 Å². The molecule has 0 aliphatic carbocycles. The van der Waals surface area contributed by atoms with Crippen LogP contribution in [-0.4, -0.2) is 22.4 Å². The summed E-state index contributed by atoms with van der Waals surface area (Å²) in [6.45, 7) is 0.350. The van der Waals surface area contributed by atoms with Crippen molar-refractivity contribution in [3.63, 3.8) is 0 Å². The summed E-state index contributed by atoms with van der Waals surface area (Å²) in [5.74, 6) is 1.05. The maximum atomic E-state index is 13.6. The average molecular weight is 317 g/mol. The van der Waals surface area contributed by atoms with Gasteiger partial charge in [-0.2, -0.15) is 5.10 Å². The van der Waals surface area contributed by atoms with Crippen molar-refractivity contribution in [1.82, 2.24) is 9.78 Å². The molecular weight excluding hydrogens is 305 g/mol. The van der Waals surface area contributed by atoms with Crippen LogP contribution in [0.4, 0.5) is 4.39 Å². The first-order valence-electron chi connectivity index (χ1n) is 6.75. The number of carbonyl (C=O) groups is 1. The average Bonchev–Trinajstić information content (AvgIpc) is 2.84. The van der Waals surface area contributed by atoms with E-state index in [1.165, 1.54) is 18.2 Å². The molecule has 1 amide bonds. The Kier molecular flexibility index (Phi) is 3.63. The van der Waals surface area contributed by atoms with Crippen molar-refractivity contribution in [2.75, 3.05) is 0 Å². The lowest BCUT2D eigenvalue weighted by molar-refractivity contribution is 0.1000. The van der Waals surface area contributed by atoms with Crippen molar-refractivity contribution >= 4 is 24.2 Å². The predicted molar refractivity (Wildman–Crippen MR) is 81.0 cm³/mol. The Morgan fingerprint density at radius 3 is 2.91 bits per heavy atom. The van der Waals surface area contributed by atoms with Crippen LogP contribution >= 0.6 is 11.6 Å². The lowest BCUT2D eigenvalue weighted by Crippen LogP contribution is -2.28. The number of aromatic nitrogens is 2. The van der Waals surface area contributed by atoms with Crippen molar-refractivity contribution < 1.29 is 9.18 Å². The fourth-order valence-electron chi connectivity index (χ4n) is 2.76. The Hall–Kier alpha value is -2.33. The Morgan fingerprint density at radius 2 is 2.27 bits per heavy atom. The lowest BCUT2D eigenvalue weighted by atomic mass is 9.45. The minimum absolute atomic E-state index is 0.175. The topological polar surface area (TPSA) is 84.7 Å². The van der Waals surface area contributed by atoms with Gasteiger partial charge in [0.25, 0.3) is 12.6 Å². The number of nitriles is 1. The number of nitrogens with zero attached hydrogens (tertiary/aromatic N) is 3. The maximum Gasteiger partial charge on any atom is 0.275 e. The van der Waals surface area contributed by atoms with Gasteiger partial charge in [-0.3, -0.25) is 9.48 Å². The quantitative estimate of drug-likeness (QED) is 0.861. The number of primary amides is 1. The fourth-order valence-corrected chi connectivity index (χ4v) is 2.99. The highest BCUT2D eigenvalue weighted by Crippen LogP contribution is 2.30.